The van der Waals surface area contributed by atoms with E-state index in [4.69, 9.17) is 9.26 Å². The number of hydrogen-bond acceptors (Lipinski definition) is 4. The fraction of sp³-hybridized carbons (Fsp3) is 0.375. The SMILES string of the molecule is CCC(C)C(=O)OCc1c(C)noc1-c1ccc(Br)cc1. The molecule has 0 radical (unpaired) electrons. The van der Waals surface area contributed by atoms with E-state index in [2.05, 4.69) is 21.1 Å². The third-order valence-electron chi connectivity index (χ3n) is 3.46. The lowest BCUT2D eigenvalue weighted by Crippen LogP contribution is -2.14. The van der Waals surface area contributed by atoms with Crippen LogP contribution >= 0.6 is 15.9 Å². The summed E-state index contributed by atoms with van der Waals surface area (Å²) in [5.41, 5.74) is 2.47. The van der Waals surface area contributed by atoms with Crippen LogP contribution in [0.15, 0.2) is 33.3 Å². The maximum Gasteiger partial charge on any atom is 0.308 e. The molecule has 112 valence electrons. The third kappa shape index (κ3) is 3.73. The molecule has 1 atom stereocenters. The zero-order chi connectivity index (χ0) is 15.4. The Kier molecular flexibility index (Phi) is 5.17. The first kappa shape index (κ1) is 15.8. The minimum absolute atomic E-state index is 0.0960. The van der Waals surface area contributed by atoms with Gasteiger partial charge in [0.2, 0.25) is 0 Å². The van der Waals surface area contributed by atoms with Gasteiger partial charge in [-0.2, -0.15) is 0 Å². The topological polar surface area (TPSA) is 52.3 Å². The van der Waals surface area contributed by atoms with Crippen LogP contribution in [0.4, 0.5) is 0 Å². The van der Waals surface area contributed by atoms with Gasteiger partial charge in [-0.1, -0.05) is 47.1 Å². The largest absolute Gasteiger partial charge is 0.460 e. The quantitative estimate of drug-likeness (QED) is 0.744. The molecule has 2 rings (SSSR count). The number of halogens is 1. The van der Waals surface area contributed by atoms with Gasteiger partial charge in [-0.15, -0.1) is 0 Å². The van der Waals surface area contributed by atoms with Gasteiger partial charge in [0, 0.05) is 10.0 Å². The van der Waals surface area contributed by atoms with Crippen LogP contribution in [0, 0.1) is 12.8 Å². The van der Waals surface area contributed by atoms with Gasteiger partial charge < -0.3 is 9.26 Å². The Hall–Kier alpha value is -1.62. The van der Waals surface area contributed by atoms with Gasteiger partial charge in [0.15, 0.2) is 5.76 Å². The predicted octanol–water partition coefficient (Wildman–Crippen LogP) is 4.50. The van der Waals surface area contributed by atoms with Crippen molar-refractivity contribution >= 4 is 21.9 Å². The average molecular weight is 352 g/mol. The van der Waals surface area contributed by atoms with Crippen molar-refractivity contribution in [3.05, 3.63) is 40.0 Å². The van der Waals surface area contributed by atoms with Crippen molar-refractivity contribution in [1.29, 1.82) is 0 Å². The number of aryl methyl sites for hydroxylation is 1. The Labute approximate surface area is 132 Å². The molecule has 0 aliphatic rings. The summed E-state index contributed by atoms with van der Waals surface area (Å²) in [6.07, 6.45) is 0.765. The first-order valence-electron chi connectivity index (χ1n) is 6.90. The summed E-state index contributed by atoms with van der Waals surface area (Å²) >= 11 is 3.40. The standard InChI is InChI=1S/C16H18BrNO3/c1-4-10(2)16(19)20-9-14-11(3)18-21-15(14)12-5-7-13(17)8-6-12/h5-8,10H,4,9H2,1-3H3. The highest BCUT2D eigenvalue weighted by Gasteiger charge is 2.18. The second kappa shape index (κ2) is 6.89. The van der Waals surface area contributed by atoms with Crippen LogP contribution in [0.3, 0.4) is 0 Å². The van der Waals surface area contributed by atoms with Crippen LogP contribution in [0.1, 0.15) is 31.5 Å². The van der Waals surface area contributed by atoms with Crippen LogP contribution in [0.2, 0.25) is 0 Å². The van der Waals surface area contributed by atoms with E-state index in [-0.39, 0.29) is 18.5 Å². The fourth-order valence-corrected chi connectivity index (χ4v) is 2.10. The number of benzene rings is 1. The summed E-state index contributed by atoms with van der Waals surface area (Å²) in [6.45, 7) is 5.85. The highest BCUT2D eigenvalue weighted by molar-refractivity contribution is 9.10. The molecule has 1 unspecified atom stereocenters. The number of carbonyl (C=O) groups excluding carboxylic acids is 1. The summed E-state index contributed by atoms with van der Waals surface area (Å²) in [5, 5.41) is 3.98. The van der Waals surface area contributed by atoms with E-state index < -0.39 is 0 Å². The molecule has 1 aromatic heterocycles. The van der Waals surface area contributed by atoms with Crippen LogP contribution in [0.25, 0.3) is 11.3 Å². The van der Waals surface area contributed by atoms with E-state index in [1.807, 2.05) is 45.0 Å². The van der Waals surface area contributed by atoms with Gasteiger partial charge in [0.05, 0.1) is 17.2 Å². The Bertz CT molecular complexity index is 619. The number of hydrogen-bond donors (Lipinski definition) is 0. The van der Waals surface area contributed by atoms with Crippen molar-refractivity contribution in [3.63, 3.8) is 0 Å². The number of aromatic nitrogens is 1. The Balaban J connectivity index is 2.19. The van der Waals surface area contributed by atoms with Gasteiger partial charge in [0.25, 0.3) is 0 Å². The monoisotopic (exact) mass is 351 g/mol. The summed E-state index contributed by atoms with van der Waals surface area (Å²) in [4.78, 5) is 11.8. The molecule has 0 spiro atoms. The van der Waals surface area contributed by atoms with Crippen LogP contribution < -0.4 is 0 Å². The smallest absolute Gasteiger partial charge is 0.308 e. The molecule has 0 saturated carbocycles. The molecule has 0 aliphatic carbocycles. The Morgan fingerprint density at radius 2 is 2.05 bits per heavy atom. The number of rotatable bonds is 5. The van der Waals surface area contributed by atoms with Crippen molar-refractivity contribution in [2.24, 2.45) is 5.92 Å². The normalized spacial score (nSPS) is 12.2. The van der Waals surface area contributed by atoms with E-state index in [9.17, 15) is 4.79 Å². The average Bonchev–Trinajstić information content (AvgIpc) is 2.85. The zero-order valence-electron chi connectivity index (χ0n) is 12.4. The summed E-state index contributed by atoms with van der Waals surface area (Å²) in [5.74, 6) is 0.359. The lowest BCUT2D eigenvalue weighted by Gasteiger charge is -2.09. The van der Waals surface area contributed by atoms with Crippen LogP contribution in [-0.2, 0) is 16.1 Å². The van der Waals surface area contributed by atoms with Crippen molar-refractivity contribution in [1.82, 2.24) is 5.16 Å². The lowest BCUT2D eigenvalue weighted by molar-refractivity contribution is -0.149. The number of esters is 1. The molecular weight excluding hydrogens is 334 g/mol. The number of ether oxygens (including phenoxy) is 1. The minimum Gasteiger partial charge on any atom is -0.460 e. The summed E-state index contributed by atoms with van der Waals surface area (Å²) in [6, 6.07) is 7.73. The minimum atomic E-state index is -0.195. The summed E-state index contributed by atoms with van der Waals surface area (Å²) < 4.78 is 11.7. The third-order valence-corrected chi connectivity index (χ3v) is 3.99. The molecule has 0 N–H and O–H groups in total. The number of nitrogens with zero attached hydrogens (tertiary/aromatic N) is 1. The molecule has 0 fully saturated rings. The van der Waals surface area contributed by atoms with E-state index >= 15 is 0 Å². The molecule has 0 aliphatic heterocycles. The van der Waals surface area contributed by atoms with Crippen molar-refractivity contribution in [2.75, 3.05) is 0 Å². The molecule has 4 nitrogen and oxygen atoms in total. The van der Waals surface area contributed by atoms with Crippen molar-refractivity contribution < 1.29 is 14.1 Å². The molecule has 1 heterocycles. The summed E-state index contributed by atoms with van der Waals surface area (Å²) in [7, 11) is 0. The van der Waals surface area contributed by atoms with Gasteiger partial charge in [-0.25, -0.2) is 0 Å². The van der Waals surface area contributed by atoms with Crippen LogP contribution in [0.5, 0.6) is 0 Å². The van der Waals surface area contributed by atoms with Crippen molar-refractivity contribution in [3.8, 4) is 11.3 Å². The molecule has 21 heavy (non-hydrogen) atoms. The maximum absolute atomic E-state index is 11.8. The van der Waals surface area contributed by atoms with E-state index in [0.717, 1.165) is 27.7 Å². The maximum atomic E-state index is 11.8. The molecule has 0 amide bonds. The highest BCUT2D eigenvalue weighted by atomic mass is 79.9. The predicted molar refractivity (Wildman–Crippen MR) is 83.6 cm³/mol. The first-order chi connectivity index (χ1) is 10.0. The van der Waals surface area contributed by atoms with E-state index in [0.29, 0.717) is 5.76 Å². The van der Waals surface area contributed by atoms with Crippen molar-refractivity contribution in [2.45, 2.75) is 33.8 Å². The first-order valence-corrected chi connectivity index (χ1v) is 7.70. The molecule has 0 saturated heterocycles. The van der Waals surface area contributed by atoms with Gasteiger partial charge in [-0.3, -0.25) is 4.79 Å². The fourth-order valence-electron chi connectivity index (χ4n) is 1.84. The van der Waals surface area contributed by atoms with Gasteiger partial charge in [-0.05, 0) is 25.5 Å². The molecule has 5 heteroatoms. The number of carbonyl (C=O) groups is 1. The highest BCUT2D eigenvalue weighted by Crippen LogP contribution is 2.28. The molecule has 1 aromatic carbocycles. The molecule has 2 aromatic rings. The van der Waals surface area contributed by atoms with Gasteiger partial charge >= 0.3 is 5.97 Å². The lowest BCUT2D eigenvalue weighted by atomic mass is 10.1. The molecular formula is C16H18BrNO3. The molecule has 0 bridgehead atoms. The van der Waals surface area contributed by atoms with E-state index in [1.54, 1.807) is 0 Å². The van der Waals surface area contributed by atoms with Crippen LogP contribution in [-0.4, -0.2) is 11.1 Å². The second-order valence-electron chi connectivity index (χ2n) is 5.00. The van der Waals surface area contributed by atoms with E-state index in [1.165, 1.54) is 0 Å². The van der Waals surface area contributed by atoms with Gasteiger partial charge in [0.1, 0.15) is 6.61 Å². The zero-order valence-corrected chi connectivity index (χ0v) is 13.9. The Morgan fingerprint density at radius 3 is 2.67 bits per heavy atom. The second-order valence-corrected chi connectivity index (χ2v) is 5.92. The Morgan fingerprint density at radius 1 is 1.38 bits per heavy atom.